The lowest BCUT2D eigenvalue weighted by Crippen LogP contribution is -2.42. The van der Waals surface area contributed by atoms with Crippen LogP contribution < -0.4 is 0 Å². The molecule has 1 unspecified atom stereocenters. The highest BCUT2D eigenvalue weighted by Gasteiger charge is 2.30. The van der Waals surface area contributed by atoms with Gasteiger partial charge in [0.2, 0.25) is 0 Å². The Morgan fingerprint density at radius 2 is 2.27 bits per heavy atom. The van der Waals surface area contributed by atoms with Gasteiger partial charge in [0.15, 0.2) is 0 Å². The van der Waals surface area contributed by atoms with Crippen LogP contribution in [-0.4, -0.2) is 44.8 Å². The third-order valence-electron chi connectivity index (χ3n) is 3.87. The number of aliphatic carboxylic acids is 1. The highest BCUT2D eigenvalue weighted by molar-refractivity contribution is 7.13. The van der Waals surface area contributed by atoms with Crippen LogP contribution >= 0.6 is 11.3 Å². The first-order chi connectivity index (χ1) is 10.6. The van der Waals surface area contributed by atoms with E-state index in [-0.39, 0.29) is 12.5 Å². The number of thiophene rings is 1. The number of hydrogen-bond acceptors (Lipinski definition) is 4. The van der Waals surface area contributed by atoms with Crippen LogP contribution in [0.15, 0.2) is 23.7 Å². The molecule has 1 aliphatic rings. The fraction of sp³-hybridized carbons (Fsp3) is 0.400. The van der Waals surface area contributed by atoms with Gasteiger partial charge < -0.3 is 10.0 Å². The minimum atomic E-state index is -0.831. The number of aromatic nitrogens is 2. The third-order valence-corrected chi connectivity index (χ3v) is 4.75. The normalized spacial score (nSPS) is 18.4. The van der Waals surface area contributed by atoms with E-state index < -0.39 is 11.9 Å². The zero-order chi connectivity index (χ0) is 15.7. The van der Waals surface area contributed by atoms with Crippen LogP contribution in [-0.2, 0) is 11.8 Å². The molecule has 1 atom stereocenters. The molecule has 1 fully saturated rings. The van der Waals surface area contributed by atoms with E-state index in [1.165, 1.54) is 11.3 Å². The number of amides is 1. The molecule has 1 amide bonds. The lowest BCUT2D eigenvalue weighted by atomic mass is 9.97. The van der Waals surface area contributed by atoms with Crippen molar-refractivity contribution in [3.8, 4) is 10.6 Å². The Hall–Kier alpha value is -2.15. The molecule has 1 saturated heterocycles. The largest absolute Gasteiger partial charge is 0.481 e. The van der Waals surface area contributed by atoms with Gasteiger partial charge in [-0.15, -0.1) is 11.3 Å². The predicted molar refractivity (Wildman–Crippen MR) is 82.8 cm³/mol. The lowest BCUT2D eigenvalue weighted by molar-refractivity contribution is -0.143. The molecule has 0 spiro atoms. The Balaban J connectivity index is 1.88. The smallest absolute Gasteiger partial charge is 0.308 e. The van der Waals surface area contributed by atoms with Gasteiger partial charge in [0.25, 0.3) is 5.91 Å². The van der Waals surface area contributed by atoms with E-state index in [1.807, 2.05) is 17.5 Å². The number of likely N-dealkylation sites (tertiary alicyclic amines) is 1. The summed E-state index contributed by atoms with van der Waals surface area (Å²) >= 11 is 1.53. The van der Waals surface area contributed by atoms with Gasteiger partial charge in [-0.25, -0.2) is 0 Å². The maximum absolute atomic E-state index is 12.8. The number of carbonyl (C=O) groups is 2. The van der Waals surface area contributed by atoms with Crippen molar-refractivity contribution in [1.82, 2.24) is 14.7 Å². The molecule has 22 heavy (non-hydrogen) atoms. The monoisotopic (exact) mass is 319 g/mol. The minimum absolute atomic E-state index is 0.137. The number of hydrogen-bond donors (Lipinski definition) is 1. The van der Waals surface area contributed by atoms with Crippen LogP contribution in [0.5, 0.6) is 0 Å². The zero-order valence-corrected chi connectivity index (χ0v) is 13.0. The molecule has 116 valence electrons. The summed E-state index contributed by atoms with van der Waals surface area (Å²) in [4.78, 5) is 26.5. The summed E-state index contributed by atoms with van der Waals surface area (Å²) < 4.78 is 1.63. The van der Waals surface area contributed by atoms with Gasteiger partial charge >= 0.3 is 5.97 Å². The van der Waals surface area contributed by atoms with Gasteiger partial charge in [0, 0.05) is 26.3 Å². The molecule has 2 aromatic heterocycles. The molecule has 7 heteroatoms. The fourth-order valence-corrected chi connectivity index (χ4v) is 3.50. The molecular formula is C15H17N3O3S. The molecular weight excluding hydrogens is 302 g/mol. The molecule has 3 rings (SSSR count). The van der Waals surface area contributed by atoms with Gasteiger partial charge in [-0.05, 0) is 24.3 Å². The topological polar surface area (TPSA) is 75.4 Å². The molecule has 2 aromatic rings. The van der Waals surface area contributed by atoms with Gasteiger partial charge in [-0.2, -0.15) is 5.10 Å². The maximum Gasteiger partial charge on any atom is 0.308 e. The molecule has 1 aliphatic heterocycles. The number of rotatable bonds is 3. The summed E-state index contributed by atoms with van der Waals surface area (Å²) in [6.45, 7) is 0.869. The maximum atomic E-state index is 12.8. The number of aryl methyl sites for hydroxylation is 1. The summed E-state index contributed by atoms with van der Waals surface area (Å²) in [7, 11) is 1.78. The van der Waals surface area contributed by atoms with E-state index in [9.17, 15) is 9.59 Å². The van der Waals surface area contributed by atoms with E-state index in [2.05, 4.69) is 5.10 Å². The quantitative estimate of drug-likeness (QED) is 0.940. The van der Waals surface area contributed by atoms with Crippen molar-refractivity contribution in [3.05, 3.63) is 29.3 Å². The number of nitrogens with zero attached hydrogens (tertiary/aromatic N) is 3. The van der Waals surface area contributed by atoms with Crippen molar-refractivity contribution in [2.75, 3.05) is 13.1 Å². The third kappa shape index (κ3) is 2.76. The van der Waals surface area contributed by atoms with E-state index in [1.54, 1.807) is 22.8 Å². The zero-order valence-electron chi connectivity index (χ0n) is 12.2. The van der Waals surface area contributed by atoms with Crippen molar-refractivity contribution >= 4 is 23.2 Å². The Labute approximate surface area is 132 Å². The van der Waals surface area contributed by atoms with Crippen LogP contribution in [0.4, 0.5) is 0 Å². The molecule has 0 radical (unpaired) electrons. The van der Waals surface area contributed by atoms with Crippen molar-refractivity contribution in [2.45, 2.75) is 12.8 Å². The second kappa shape index (κ2) is 5.92. The summed E-state index contributed by atoms with van der Waals surface area (Å²) in [5.74, 6) is -1.44. The summed E-state index contributed by atoms with van der Waals surface area (Å²) in [6.07, 6.45) is 3.06. The van der Waals surface area contributed by atoms with Gasteiger partial charge in [-0.3, -0.25) is 14.3 Å². The molecule has 0 bridgehead atoms. The van der Waals surface area contributed by atoms with Gasteiger partial charge in [-0.1, -0.05) is 6.07 Å². The highest BCUT2D eigenvalue weighted by Crippen LogP contribution is 2.28. The van der Waals surface area contributed by atoms with E-state index >= 15 is 0 Å². The predicted octanol–water partition coefficient (Wildman–Crippen LogP) is 2.09. The number of piperidine rings is 1. The van der Waals surface area contributed by atoms with Crippen LogP contribution in [0.25, 0.3) is 10.6 Å². The average Bonchev–Trinajstić information content (AvgIpc) is 3.15. The molecule has 0 saturated carbocycles. The fourth-order valence-electron chi connectivity index (χ4n) is 2.77. The molecule has 6 nitrogen and oxygen atoms in total. The van der Waals surface area contributed by atoms with Crippen LogP contribution in [0, 0.1) is 5.92 Å². The Morgan fingerprint density at radius 1 is 1.45 bits per heavy atom. The van der Waals surface area contributed by atoms with Crippen LogP contribution in [0.3, 0.4) is 0 Å². The van der Waals surface area contributed by atoms with E-state index in [4.69, 9.17) is 5.11 Å². The molecule has 1 N–H and O–H groups in total. The Kier molecular flexibility index (Phi) is 3.98. The Morgan fingerprint density at radius 3 is 2.95 bits per heavy atom. The lowest BCUT2D eigenvalue weighted by Gasteiger charge is -2.30. The van der Waals surface area contributed by atoms with E-state index in [0.717, 1.165) is 11.3 Å². The standard InChI is InChI=1S/C15H17N3O3S/c1-17-9-11(13(16-17)12-5-3-7-22-12)14(19)18-6-2-4-10(8-18)15(20)21/h3,5,7,9-10H,2,4,6,8H2,1H3,(H,20,21). The molecule has 0 aliphatic carbocycles. The minimum Gasteiger partial charge on any atom is -0.481 e. The van der Waals surface area contributed by atoms with Crippen molar-refractivity contribution in [3.63, 3.8) is 0 Å². The van der Waals surface area contributed by atoms with Gasteiger partial charge in [0.05, 0.1) is 16.4 Å². The summed E-state index contributed by atoms with van der Waals surface area (Å²) in [5.41, 5.74) is 1.20. The molecule has 0 aromatic carbocycles. The number of carbonyl (C=O) groups excluding carboxylic acids is 1. The summed E-state index contributed by atoms with van der Waals surface area (Å²) in [5, 5.41) is 15.5. The SMILES string of the molecule is Cn1cc(C(=O)N2CCCC(C(=O)O)C2)c(-c2cccs2)n1. The van der Waals surface area contributed by atoms with Gasteiger partial charge in [0.1, 0.15) is 5.69 Å². The second-order valence-corrected chi connectivity index (χ2v) is 6.42. The van der Waals surface area contributed by atoms with Crippen LogP contribution in [0.2, 0.25) is 0 Å². The van der Waals surface area contributed by atoms with Crippen molar-refractivity contribution < 1.29 is 14.7 Å². The summed E-state index contributed by atoms with van der Waals surface area (Å²) in [6, 6.07) is 3.85. The first-order valence-corrected chi connectivity index (χ1v) is 8.04. The average molecular weight is 319 g/mol. The molecule has 3 heterocycles. The first kappa shape index (κ1) is 14.8. The Bertz CT molecular complexity index is 693. The highest BCUT2D eigenvalue weighted by atomic mass is 32.1. The van der Waals surface area contributed by atoms with Crippen LogP contribution in [0.1, 0.15) is 23.2 Å². The first-order valence-electron chi connectivity index (χ1n) is 7.16. The van der Waals surface area contributed by atoms with Crippen molar-refractivity contribution in [2.24, 2.45) is 13.0 Å². The van der Waals surface area contributed by atoms with E-state index in [0.29, 0.717) is 24.2 Å². The number of carboxylic acids is 1. The second-order valence-electron chi connectivity index (χ2n) is 5.47. The van der Waals surface area contributed by atoms with Crippen molar-refractivity contribution in [1.29, 1.82) is 0 Å². The number of carboxylic acid groups (broad SMARTS) is 1.